The van der Waals surface area contributed by atoms with Crippen LogP contribution in [0.2, 0.25) is 0 Å². The molecule has 0 unspecified atom stereocenters. The summed E-state index contributed by atoms with van der Waals surface area (Å²) in [6.07, 6.45) is 1.41. The topological polar surface area (TPSA) is 103 Å². The van der Waals surface area contributed by atoms with Gasteiger partial charge in [0.2, 0.25) is 0 Å². The van der Waals surface area contributed by atoms with Gasteiger partial charge in [0, 0.05) is 11.8 Å². The summed E-state index contributed by atoms with van der Waals surface area (Å²) in [7, 11) is 0. The highest BCUT2D eigenvalue weighted by molar-refractivity contribution is 7.17. The number of amides is 2. The number of aryl methyl sites for hydroxylation is 1. The molecule has 0 fully saturated rings. The van der Waals surface area contributed by atoms with Crippen molar-refractivity contribution in [3.05, 3.63) is 52.9 Å². The SMILES string of the molecule is Cc1nc(NC(=O)c2ccco2)sc1C(=O)Nc1ccc2c(c1)OCCO2. The first-order valence-corrected chi connectivity index (χ1v) is 8.95. The lowest BCUT2D eigenvalue weighted by Crippen LogP contribution is -2.16. The van der Waals surface area contributed by atoms with Crippen LogP contribution in [-0.4, -0.2) is 30.0 Å². The molecule has 0 aliphatic carbocycles. The molecule has 1 aromatic carbocycles. The molecule has 0 spiro atoms. The number of thiazole rings is 1. The normalized spacial score (nSPS) is 12.5. The number of benzene rings is 1. The Balaban J connectivity index is 1.47. The third kappa shape index (κ3) is 3.63. The van der Waals surface area contributed by atoms with Crippen molar-refractivity contribution >= 4 is 34.0 Å². The van der Waals surface area contributed by atoms with Gasteiger partial charge in [0.15, 0.2) is 22.4 Å². The average Bonchev–Trinajstić information content (AvgIpc) is 3.31. The largest absolute Gasteiger partial charge is 0.486 e. The van der Waals surface area contributed by atoms with Gasteiger partial charge in [0.05, 0.1) is 12.0 Å². The van der Waals surface area contributed by atoms with Gasteiger partial charge in [-0.3, -0.25) is 14.9 Å². The van der Waals surface area contributed by atoms with E-state index in [1.165, 1.54) is 6.26 Å². The Bertz CT molecular complexity index is 997. The molecular formula is C18H15N3O5S. The number of fused-ring (bicyclic) bond motifs is 1. The van der Waals surface area contributed by atoms with Crippen LogP contribution in [-0.2, 0) is 0 Å². The number of aromatic nitrogens is 1. The molecule has 9 heteroatoms. The second-order valence-corrected chi connectivity index (χ2v) is 6.68. The Morgan fingerprint density at radius 3 is 2.67 bits per heavy atom. The molecule has 3 heterocycles. The third-order valence-electron chi connectivity index (χ3n) is 3.77. The fourth-order valence-electron chi connectivity index (χ4n) is 2.54. The van der Waals surface area contributed by atoms with Gasteiger partial charge < -0.3 is 19.2 Å². The molecule has 138 valence electrons. The minimum Gasteiger partial charge on any atom is -0.486 e. The third-order valence-corrected chi connectivity index (χ3v) is 4.84. The van der Waals surface area contributed by atoms with Gasteiger partial charge in [-0.05, 0) is 31.2 Å². The number of anilines is 2. The molecule has 2 aromatic heterocycles. The summed E-state index contributed by atoms with van der Waals surface area (Å²) >= 11 is 1.09. The van der Waals surface area contributed by atoms with Crippen molar-refractivity contribution in [3.63, 3.8) is 0 Å². The van der Waals surface area contributed by atoms with E-state index in [0.29, 0.717) is 46.1 Å². The molecule has 8 nitrogen and oxygen atoms in total. The molecular weight excluding hydrogens is 370 g/mol. The summed E-state index contributed by atoms with van der Waals surface area (Å²) in [4.78, 5) is 29.3. The van der Waals surface area contributed by atoms with E-state index in [0.717, 1.165) is 11.3 Å². The first-order valence-electron chi connectivity index (χ1n) is 8.13. The highest BCUT2D eigenvalue weighted by Crippen LogP contribution is 2.33. The van der Waals surface area contributed by atoms with Crippen LogP contribution < -0.4 is 20.1 Å². The number of nitrogens with zero attached hydrogens (tertiary/aromatic N) is 1. The molecule has 27 heavy (non-hydrogen) atoms. The fraction of sp³-hybridized carbons (Fsp3) is 0.167. The van der Waals surface area contributed by atoms with Crippen molar-refractivity contribution in [2.45, 2.75) is 6.92 Å². The van der Waals surface area contributed by atoms with E-state index in [2.05, 4.69) is 15.6 Å². The fourth-order valence-corrected chi connectivity index (χ4v) is 3.39. The average molecular weight is 385 g/mol. The molecule has 2 N–H and O–H groups in total. The Morgan fingerprint density at radius 1 is 1.07 bits per heavy atom. The molecule has 0 saturated heterocycles. The van der Waals surface area contributed by atoms with Gasteiger partial charge in [-0.15, -0.1) is 0 Å². The summed E-state index contributed by atoms with van der Waals surface area (Å²) in [5.41, 5.74) is 1.10. The highest BCUT2D eigenvalue weighted by Gasteiger charge is 2.19. The molecule has 0 radical (unpaired) electrons. The van der Waals surface area contributed by atoms with E-state index in [1.54, 1.807) is 37.3 Å². The monoisotopic (exact) mass is 385 g/mol. The van der Waals surface area contributed by atoms with E-state index >= 15 is 0 Å². The summed E-state index contributed by atoms with van der Waals surface area (Å²) in [6.45, 7) is 2.68. The summed E-state index contributed by atoms with van der Waals surface area (Å²) in [5.74, 6) is 0.667. The Kier molecular flexibility index (Phi) is 4.51. The zero-order valence-corrected chi connectivity index (χ0v) is 15.1. The molecule has 3 aromatic rings. The number of carbonyl (C=O) groups excluding carboxylic acids is 2. The van der Waals surface area contributed by atoms with Gasteiger partial charge >= 0.3 is 0 Å². The van der Waals surface area contributed by atoms with Crippen molar-refractivity contribution in [1.29, 1.82) is 0 Å². The second kappa shape index (κ2) is 7.12. The quantitative estimate of drug-likeness (QED) is 0.714. The Morgan fingerprint density at radius 2 is 1.89 bits per heavy atom. The van der Waals surface area contributed by atoms with Gasteiger partial charge in [-0.1, -0.05) is 11.3 Å². The van der Waals surface area contributed by atoms with E-state index in [4.69, 9.17) is 13.9 Å². The number of nitrogens with one attached hydrogen (secondary N) is 2. The molecule has 0 bridgehead atoms. The summed E-state index contributed by atoms with van der Waals surface area (Å²) < 4.78 is 16.0. The molecule has 0 atom stereocenters. The maximum absolute atomic E-state index is 12.6. The summed E-state index contributed by atoms with van der Waals surface area (Å²) in [6, 6.07) is 8.36. The van der Waals surface area contributed by atoms with Crippen LogP contribution in [0.1, 0.15) is 25.9 Å². The van der Waals surface area contributed by atoms with E-state index in [9.17, 15) is 9.59 Å². The van der Waals surface area contributed by atoms with Crippen molar-refractivity contribution in [2.75, 3.05) is 23.8 Å². The summed E-state index contributed by atoms with van der Waals surface area (Å²) in [5, 5.41) is 5.75. The smallest absolute Gasteiger partial charge is 0.293 e. The maximum atomic E-state index is 12.6. The van der Waals surface area contributed by atoms with E-state index < -0.39 is 5.91 Å². The number of furan rings is 1. The highest BCUT2D eigenvalue weighted by atomic mass is 32.1. The minimum atomic E-state index is -0.424. The van der Waals surface area contributed by atoms with Crippen molar-refractivity contribution < 1.29 is 23.5 Å². The zero-order valence-electron chi connectivity index (χ0n) is 14.3. The zero-order chi connectivity index (χ0) is 18.8. The van der Waals surface area contributed by atoms with Crippen molar-refractivity contribution in [2.24, 2.45) is 0 Å². The number of carbonyl (C=O) groups is 2. The lowest BCUT2D eigenvalue weighted by atomic mass is 10.2. The van der Waals surface area contributed by atoms with Crippen LogP contribution in [0, 0.1) is 6.92 Å². The van der Waals surface area contributed by atoms with Crippen molar-refractivity contribution in [1.82, 2.24) is 4.98 Å². The van der Waals surface area contributed by atoms with Crippen LogP contribution in [0.3, 0.4) is 0 Å². The van der Waals surface area contributed by atoms with E-state index in [1.807, 2.05) is 0 Å². The second-order valence-electron chi connectivity index (χ2n) is 5.68. The number of ether oxygens (including phenoxy) is 2. The van der Waals surface area contributed by atoms with Gasteiger partial charge in [-0.2, -0.15) is 0 Å². The number of hydrogen-bond donors (Lipinski definition) is 2. The van der Waals surface area contributed by atoms with Gasteiger partial charge in [0.25, 0.3) is 11.8 Å². The molecule has 1 aliphatic rings. The first kappa shape index (κ1) is 17.1. The standard InChI is InChI=1S/C18H15N3O5S/c1-10-15(27-18(19-10)21-16(22)13-3-2-6-24-13)17(23)20-11-4-5-12-14(9-11)26-8-7-25-12/h2-6,9H,7-8H2,1H3,(H,20,23)(H,19,21,22). The van der Waals surface area contributed by atoms with E-state index in [-0.39, 0.29) is 11.7 Å². The Hall–Kier alpha value is -3.33. The lowest BCUT2D eigenvalue weighted by molar-refractivity contribution is 0.0994. The Labute approximate surface area is 158 Å². The number of hydrogen-bond acceptors (Lipinski definition) is 7. The van der Waals surface area contributed by atoms with Crippen LogP contribution in [0.5, 0.6) is 11.5 Å². The maximum Gasteiger partial charge on any atom is 0.293 e. The molecule has 4 rings (SSSR count). The van der Waals surface area contributed by atoms with Crippen molar-refractivity contribution in [3.8, 4) is 11.5 Å². The lowest BCUT2D eigenvalue weighted by Gasteiger charge is -2.18. The van der Waals surface area contributed by atoms with Crippen LogP contribution >= 0.6 is 11.3 Å². The number of rotatable bonds is 4. The minimum absolute atomic E-state index is 0.171. The predicted molar refractivity (Wildman–Crippen MR) is 98.9 cm³/mol. The van der Waals surface area contributed by atoms with Crippen LogP contribution in [0.15, 0.2) is 41.0 Å². The molecule has 2 amide bonds. The van der Waals surface area contributed by atoms with Gasteiger partial charge in [-0.25, -0.2) is 4.98 Å². The first-order chi connectivity index (χ1) is 13.1. The molecule has 1 aliphatic heterocycles. The van der Waals surface area contributed by atoms with Crippen LogP contribution in [0.4, 0.5) is 10.8 Å². The predicted octanol–water partition coefficient (Wildman–Crippen LogP) is 3.32. The molecule has 0 saturated carbocycles. The van der Waals surface area contributed by atoms with Crippen LogP contribution in [0.25, 0.3) is 0 Å². The van der Waals surface area contributed by atoms with Gasteiger partial charge in [0.1, 0.15) is 18.1 Å².